The number of hydrogen-bond acceptors (Lipinski definition) is 5. The molecular formula is C20H25N5O5S. The van der Waals surface area contributed by atoms with Crippen molar-refractivity contribution in [3.05, 3.63) is 59.7 Å². The number of nitrogens with one attached hydrogen (secondary N) is 4. The highest BCUT2D eigenvalue weighted by molar-refractivity contribution is 7.89. The number of aryl methyl sites for hydroxylation is 2. The maximum atomic E-state index is 12.5. The summed E-state index contributed by atoms with van der Waals surface area (Å²) in [4.78, 5) is 35.6. The molecule has 2 aromatic carbocycles. The molecule has 0 heterocycles. The molecule has 0 atom stereocenters. The topological polar surface area (TPSA) is 137 Å². The third kappa shape index (κ3) is 7.39. The standard InChI is InChI=1S/C20H25N5O5S/c1-14-7-9-17(10-8-14)31(29,30)25(3)13-19(27)24-23-18(26)12-21-20(28)22-16-6-4-5-15(2)11-16/h4-11H,12-13H2,1-3H3,(H,23,26)(H,24,27)(H2,21,22,28). The predicted octanol–water partition coefficient (Wildman–Crippen LogP) is 0.893. The summed E-state index contributed by atoms with van der Waals surface area (Å²) in [5.74, 6) is -1.42. The van der Waals surface area contributed by atoms with Gasteiger partial charge in [-0.3, -0.25) is 20.4 Å². The molecule has 0 fully saturated rings. The molecule has 0 saturated carbocycles. The number of hydrogen-bond donors (Lipinski definition) is 4. The lowest BCUT2D eigenvalue weighted by Gasteiger charge is -2.17. The van der Waals surface area contributed by atoms with Gasteiger partial charge in [0.05, 0.1) is 11.4 Å². The largest absolute Gasteiger partial charge is 0.329 e. The Kier molecular flexibility index (Phi) is 8.11. The molecule has 11 heteroatoms. The zero-order chi connectivity index (χ0) is 23.0. The van der Waals surface area contributed by atoms with Crippen molar-refractivity contribution in [3.8, 4) is 0 Å². The van der Waals surface area contributed by atoms with E-state index in [4.69, 9.17) is 0 Å². The highest BCUT2D eigenvalue weighted by Crippen LogP contribution is 2.14. The second-order valence-electron chi connectivity index (χ2n) is 6.85. The summed E-state index contributed by atoms with van der Waals surface area (Å²) in [5, 5.41) is 4.92. The smallest absolute Gasteiger partial charge is 0.319 e. The van der Waals surface area contributed by atoms with Gasteiger partial charge < -0.3 is 10.6 Å². The monoisotopic (exact) mass is 447 g/mol. The SMILES string of the molecule is Cc1ccc(S(=O)(=O)N(C)CC(=O)NNC(=O)CNC(=O)Nc2cccc(C)c2)cc1. The first-order valence-electron chi connectivity index (χ1n) is 9.30. The van der Waals surface area contributed by atoms with E-state index in [0.717, 1.165) is 15.4 Å². The van der Waals surface area contributed by atoms with Crippen LogP contribution in [0.4, 0.5) is 10.5 Å². The quantitative estimate of drug-likeness (QED) is 0.467. The second-order valence-corrected chi connectivity index (χ2v) is 8.89. The molecule has 2 aromatic rings. The van der Waals surface area contributed by atoms with Gasteiger partial charge in [0.15, 0.2) is 0 Å². The second kappa shape index (κ2) is 10.5. The third-order valence-electron chi connectivity index (χ3n) is 4.12. The Bertz CT molecular complexity index is 1050. The van der Waals surface area contributed by atoms with Gasteiger partial charge in [-0.15, -0.1) is 0 Å². The van der Waals surface area contributed by atoms with Crippen LogP contribution in [0.3, 0.4) is 0 Å². The first kappa shape index (κ1) is 23.8. The number of anilines is 1. The van der Waals surface area contributed by atoms with Gasteiger partial charge in [-0.05, 0) is 43.7 Å². The van der Waals surface area contributed by atoms with Crippen molar-refractivity contribution in [1.29, 1.82) is 0 Å². The summed E-state index contributed by atoms with van der Waals surface area (Å²) in [6.45, 7) is 2.81. The lowest BCUT2D eigenvalue weighted by Crippen LogP contribution is -2.49. The van der Waals surface area contributed by atoms with Gasteiger partial charge in [-0.25, -0.2) is 13.2 Å². The van der Waals surface area contributed by atoms with Crippen molar-refractivity contribution in [1.82, 2.24) is 20.5 Å². The fourth-order valence-electron chi connectivity index (χ4n) is 2.46. The van der Waals surface area contributed by atoms with Gasteiger partial charge in [0.25, 0.3) is 11.8 Å². The third-order valence-corrected chi connectivity index (χ3v) is 5.94. The Labute approximate surface area is 181 Å². The number of benzene rings is 2. The van der Waals surface area contributed by atoms with E-state index >= 15 is 0 Å². The minimum Gasteiger partial charge on any atom is -0.329 e. The van der Waals surface area contributed by atoms with Crippen molar-refractivity contribution in [2.24, 2.45) is 0 Å². The van der Waals surface area contributed by atoms with E-state index in [1.54, 1.807) is 30.3 Å². The fourth-order valence-corrected chi connectivity index (χ4v) is 3.59. The first-order chi connectivity index (χ1) is 14.6. The van der Waals surface area contributed by atoms with E-state index in [-0.39, 0.29) is 4.90 Å². The lowest BCUT2D eigenvalue weighted by molar-refractivity contribution is -0.128. The molecule has 4 N–H and O–H groups in total. The summed E-state index contributed by atoms with van der Waals surface area (Å²) in [5.41, 5.74) is 6.67. The first-order valence-corrected chi connectivity index (χ1v) is 10.7. The van der Waals surface area contributed by atoms with Gasteiger partial charge in [-0.1, -0.05) is 29.8 Å². The van der Waals surface area contributed by atoms with E-state index in [1.165, 1.54) is 19.2 Å². The maximum Gasteiger partial charge on any atom is 0.319 e. The van der Waals surface area contributed by atoms with Crippen LogP contribution in [0.2, 0.25) is 0 Å². The van der Waals surface area contributed by atoms with Crippen LogP contribution in [0, 0.1) is 13.8 Å². The number of nitrogens with zero attached hydrogens (tertiary/aromatic N) is 1. The number of rotatable bonds is 7. The number of amides is 4. The molecular weight excluding hydrogens is 422 g/mol. The number of carbonyl (C=O) groups excluding carboxylic acids is 3. The average molecular weight is 448 g/mol. The Morgan fingerprint density at radius 2 is 1.55 bits per heavy atom. The van der Waals surface area contributed by atoms with Crippen LogP contribution >= 0.6 is 0 Å². The molecule has 0 saturated heterocycles. The Balaban J connectivity index is 1.75. The summed E-state index contributed by atoms with van der Waals surface area (Å²) in [6.07, 6.45) is 0. The number of hydrazine groups is 1. The molecule has 31 heavy (non-hydrogen) atoms. The number of likely N-dealkylation sites (N-methyl/N-ethyl adjacent to an activating group) is 1. The molecule has 0 radical (unpaired) electrons. The van der Waals surface area contributed by atoms with Gasteiger partial charge >= 0.3 is 6.03 Å². The number of urea groups is 1. The molecule has 0 spiro atoms. The van der Waals surface area contributed by atoms with Crippen molar-refractivity contribution >= 4 is 33.6 Å². The van der Waals surface area contributed by atoms with Crippen LogP contribution in [0.5, 0.6) is 0 Å². The van der Waals surface area contributed by atoms with E-state index in [1.807, 2.05) is 19.9 Å². The minimum atomic E-state index is -3.85. The molecule has 0 bridgehead atoms. The molecule has 4 amide bonds. The normalized spacial score (nSPS) is 11.0. The summed E-state index contributed by atoms with van der Waals surface area (Å²) in [6, 6.07) is 12.8. The van der Waals surface area contributed by atoms with Gasteiger partial charge in [0, 0.05) is 12.7 Å². The Hall–Kier alpha value is -3.44. The summed E-state index contributed by atoms with van der Waals surface area (Å²) >= 11 is 0. The van der Waals surface area contributed by atoms with Crippen LogP contribution < -0.4 is 21.5 Å². The fraction of sp³-hybridized carbons (Fsp3) is 0.250. The van der Waals surface area contributed by atoms with Crippen LogP contribution in [0.15, 0.2) is 53.4 Å². The zero-order valence-electron chi connectivity index (χ0n) is 17.4. The summed E-state index contributed by atoms with van der Waals surface area (Å²) < 4.78 is 25.8. The highest BCUT2D eigenvalue weighted by Gasteiger charge is 2.23. The average Bonchev–Trinajstić information content (AvgIpc) is 2.71. The molecule has 0 aliphatic heterocycles. The predicted molar refractivity (Wildman–Crippen MR) is 115 cm³/mol. The van der Waals surface area contributed by atoms with Gasteiger partial charge in [0.1, 0.15) is 6.54 Å². The van der Waals surface area contributed by atoms with Crippen LogP contribution in [-0.2, 0) is 19.6 Å². The van der Waals surface area contributed by atoms with E-state index in [9.17, 15) is 22.8 Å². The Morgan fingerprint density at radius 1 is 0.903 bits per heavy atom. The van der Waals surface area contributed by atoms with Crippen molar-refractivity contribution < 1.29 is 22.8 Å². The molecule has 0 aliphatic rings. The Morgan fingerprint density at radius 3 is 2.19 bits per heavy atom. The number of sulfonamides is 1. The van der Waals surface area contributed by atoms with Crippen molar-refractivity contribution in [2.45, 2.75) is 18.7 Å². The highest BCUT2D eigenvalue weighted by atomic mass is 32.2. The molecule has 2 rings (SSSR count). The molecule has 10 nitrogen and oxygen atoms in total. The number of carbonyl (C=O) groups is 3. The van der Waals surface area contributed by atoms with Crippen LogP contribution in [0.1, 0.15) is 11.1 Å². The van der Waals surface area contributed by atoms with Gasteiger partial charge in [0.2, 0.25) is 10.0 Å². The van der Waals surface area contributed by atoms with Gasteiger partial charge in [-0.2, -0.15) is 4.31 Å². The molecule has 166 valence electrons. The molecule has 0 aromatic heterocycles. The van der Waals surface area contributed by atoms with Crippen LogP contribution in [-0.4, -0.2) is 50.7 Å². The molecule has 0 aliphatic carbocycles. The minimum absolute atomic E-state index is 0.0567. The van der Waals surface area contributed by atoms with Crippen molar-refractivity contribution in [2.75, 3.05) is 25.5 Å². The van der Waals surface area contributed by atoms with E-state index in [2.05, 4.69) is 21.5 Å². The van der Waals surface area contributed by atoms with E-state index in [0.29, 0.717) is 5.69 Å². The zero-order valence-corrected chi connectivity index (χ0v) is 18.2. The molecule has 0 unspecified atom stereocenters. The van der Waals surface area contributed by atoms with E-state index < -0.39 is 41.0 Å². The summed E-state index contributed by atoms with van der Waals surface area (Å²) in [7, 11) is -2.59. The van der Waals surface area contributed by atoms with Crippen LogP contribution in [0.25, 0.3) is 0 Å². The maximum absolute atomic E-state index is 12.5. The van der Waals surface area contributed by atoms with Crippen molar-refractivity contribution in [3.63, 3.8) is 0 Å². The lowest BCUT2D eigenvalue weighted by atomic mass is 10.2.